The van der Waals surface area contributed by atoms with Crippen molar-refractivity contribution >= 4 is 22.9 Å². The number of hydrogen-bond acceptors (Lipinski definition) is 3. The molecule has 0 amide bonds. The van der Waals surface area contributed by atoms with Crippen LogP contribution in [0.4, 0.5) is 0 Å². The number of nitrogens with zero attached hydrogens (tertiary/aromatic N) is 2. The van der Waals surface area contributed by atoms with Crippen molar-refractivity contribution in [3.63, 3.8) is 0 Å². The lowest BCUT2D eigenvalue weighted by atomic mass is 10.4. The van der Waals surface area contributed by atoms with E-state index in [0.717, 1.165) is 17.4 Å². The van der Waals surface area contributed by atoms with E-state index in [4.69, 9.17) is 11.6 Å². The average molecular weight is 268 g/mol. The van der Waals surface area contributed by atoms with Gasteiger partial charge in [0.05, 0.1) is 16.4 Å². The fraction of sp³-hybridized carbons (Fsp3) is 0.417. The van der Waals surface area contributed by atoms with E-state index >= 15 is 0 Å². The van der Waals surface area contributed by atoms with Crippen molar-refractivity contribution in [3.8, 4) is 0 Å². The van der Waals surface area contributed by atoms with Crippen LogP contribution >= 0.6 is 22.9 Å². The van der Waals surface area contributed by atoms with Crippen molar-refractivity contribution in [3.05, 3.63) is 39.6 Å². The number of hydrogen-bond donors (Lipinski definition) is 1. The predicted molar refractivity (Wildman–Crippen MR) is 70.4 cm³/mol. The molecular weight excluding hydrogens is 254 g/mol. The molecule has 0 unspecified atom stereocenters. The van der Waals surface area contributed by atoms with Crippen molar-refractivity contribution in [2.45, 2.75) is 32.0 Å². The molecule has 0 atom stereocenters. The summed E-state index contributed by atoms with van der Waals surface area (Å²) in [6.07, 6.45) is 6.48. The highest BCUT2D eigenvalue weighted by molar-refractivity contribution is 7.16. The summed E-state index contributed by atoms with van der Waals surface area (Å²) < 4.78 is 3.14. The van der Waals surface area contributed by atoms with E-state index in [2.05, 4.69) is 20.9 Å². The minimum atomic E-state index is 0.700. The largest absolute Gasteiger partial charge is 0.330 e. The Kier molecular flexibility index (Phi) is 3.18. The second kappa shape index (κ2) is 4.80. The molecule has 5 heteroatoms. The predicted octanol–water partition coefficient (Wildman–Crippen LogP) is 3.22. The first-order valence-corrected chi connectivity index (χ1v) is 6.98. The lowest BCUT2D eigenvalue weighted by Crippen LogP contribution is -2.14. The van der Waals surface area contributed by atoms with Crippen molar-refractivity contribution < 1.29 is 0 Å². The van der Waals surface area contributed by atoms with Gasteiger partial charge in [0.1, 0.15) is 0 Å². The number of aromatic nitrogens is 2. The minimum absolute atomic E-state index is 0.700. The summed E-state index contributed by atoms with van der Waals surface area (Å²) in [5.41, 5.74) is 1.27. The molecule has 1 fully saturated rings. The van der Waals surface area contributed by atoms with E-state index in [1.54, 1.807) is 11.3 Å². The Bertz CT molecular complexity index is 501. The van der Waals surface area contributed by atoms with E-state index < -0.39 is 0 Å². The second-order valence-electron chi connectivity index (χ2n) is 4.33. The molecule has 2 aromatic heterocycles. The van der Waals surface area contributed by atoms with Gasteiger partial charge in [0.2, 0.25) is 0 Å². The maximum absolute atomic E-state index is 5.89. The molecule has 0 aliphatic heterocycles. The monoisotopic (exact) mass is 267 g/mol. The molecule has 0 bridgehead atoms. The van der Waals surface area contributed by atoms with Crippen molar-refractivity contribution in [1.82, 2.24) is 14.9 Å². The molecule has 1 aliphatic carbocycles. The summed E-state index contributed by atoms with van der Waals surface area (Å²) in [7, 11) is 0. The van der Waals surface area contributed by atoms with Crippen LogP contribution in [0.2, 0.25) is 4.34 Å². The fourth-order valence-corrected chi connectivity index (χ4v) is 2.97. The van der Waals surface area contributed by atoms with Crippen LogP contribution < -0.4 is 5.32 Å². The lowest BCUT2D eigenvalue weighted by Gasteiger charge is -2.07. The van der Waals surface area contributed by atoms with Crippen LogP contribution in [0.1, 0.15) is 29.5 Å². The van der Waals surface area contributed by atoms with Gasteiger partial charge < -0.3 is 9.88 Å². The highest BCUT2D eigenvalue weighted by atomic mass is 35.5. The van der Waals surface area contributed by atoms with Gasteiger partial charge in [-0.3, -0.25) is 0 Å². The van der Waals surface area contributed by atoms with Gasteiger partial charge in [-0.2, -0.15) is 0 Å². The standard InChI is InChI=1S/C12H14ClN3S/c13-12-4-3-11(17-12)7-14-5-10-6-15-8-16(10)9-1-2-9/h3-4,6,8-9,14H,1-2,5,7H2. The Morgan fingerprint density at radius 2 is 2.29 bits per heavy atom. The first kappa shape index (κ1) is 11.3. The molecule has 0 aromatic carbocycles. The first-order valence-electron chi connectivity index (χ1n) is 5.78. The summed E-state index contributed by atoms with van der Waals surface area (Å²) in [4.78, 5) is 5.49. The third-order valence-electron chi connectivity index (χ3n) is 2.92. The molecular formula is C12H14ClN3S. The van der Waals surface area contributed by atoms with E-state index in [9.17, 15) is 0 Å². The number of nitrogens with one attached hydrogen (secondary N) is 1. The number of halogens is 1. The van der Waals surface area contributed by atoms with Crippen molar-refractivity contribution in [1.29, 1.82) is 0 Å². The summed E-state index contributed by atoms with van der Waals surface area (Å²) in [6, 6.07) is 4.71. The van der Waals surface area contributed by atoms with E-state index in [0.29, 0.717) is 6.04 Å². The fourth-order valence-electron chi connectivity index (χ4n) is 1.91. The van der Waals surface area contributed by atoms with Crippen LogP contribution in [0.15, 0.2) is 24.7 Å². The van der Waals surface area contributed by atoms with Gasteiger partial charge in [-0.05, 0) is 25.0 Å². The molecule has 0 saturated heterocycles. The van der Waals surface area contributed by atoms with Crippen molar-refractivity contribution in [2.24, 2.45) is 0 Å². The van der Waals surface area contributed by atoms with Crippen LogP contribution in [0.25, 0.3) is 0 Å². The Morgan fingerprint density at radius 1 is 1.41 bits per heavy atom. The molecule has 3 rings (SSSR count). The van der Waals surface area contributed by atoms with Gasteiger partial charge in [-0.1, -0.05) is 11.6 Å². The zero-order chi connectivity index (χ0) is 11.7. The third kappa shape index (κ3) is 2.70. The molecule has 3 nitrogen and oxygen atoms in total. The first-order chi connectivity index (χ1) is 8.33. The Labute approximate surface area is 109 Å². The van der Waals surface area contributed by atoms with Gasteiger partial charge in [-0.25, -0.2) is 4.98 Å². The molecule has 1 N–H and O–H groups in total. The zero-order valence-corrected chi connectivity index (χ0v) is 11.0. The normalized spacial score (nSPS) is 15.4. The molecule has 2 aromatic rings. The average Bonchev–Trinajstić information content (AvgIpc) is 2.92. The van der Waals surface area contributed by atoms with Gasteiger partial charge in [0.25, 0.3) is 0 Å². The van der Waals surface area contributed by atoms with Crippen LogP contribution in [-0.4, -0.2) is 9.55 Å². The number of rotatable bonds is 5. The SMILES string of the molecule is Clc1ccc(CNCc2cncn2C2CC2)s1. The number of thiophene rings is 1. The van der Waals surface area contributed by atoms with Crippen LogP contribution in [0.3, 0.4) is 0 Å². The summed E-state index contributed by atoms with van der Waals surface area (Å²) in [6.45, 7) is 1.74. The molecule has 0 spiro atoms. The van der Waals surface area contributed by atoms with Crippen LogP contribution in [0.5, 0.6) is 0 Å². The molecule has 90 valence electrons. The van der Waals surface area contributed by atoms with Gasteiger partial charge >= 0.3 is 0 Å². The van der Waals surface area contributed by atoms with E-state index in [-0.39, 0.29) is 0 Å². The Balaban J connectivity index is 1.55. The van der Waals surface area contributed by atoms with E-state index in [1.165, 1.54) is 23.4 Å². The van der Waals surface area contributed by atoms with Gasteiger partial charge in [0.15, 0.2) is 0 Å². The third-order valence-corrected chi connectivity index (χ3v) is 4.15. The van der Waals surface area contributed by atoms with E-state index in [1.807, 2.05) is 18.6 Å². The Morgan fingerprint density at radius 3 is 3.00 bits per heavy atom. The maximum Gasteiger partial charge on any atom is 0.0951 e. The summed E-state index contributed by atoms with van der Waals surface area (Å²) in [5, 5.41) is 3.43. The van der Waals surface area contributed by atoms with Gasteiger partial charge in [-0.15, -0.1) is 11.3 Å². The lowest BCUT2D eigenvalue weighted by molar-refractivity contribution is 0.624. The molecule has 1 aliphatic rings. The summed E-state index contributed by atoms with van der Waals surface area (Å²) >= 11 is 7.52. The minimum Gasteiger partial charge on any atom is -0.330 e. The Hall–Kier alpha value is -0.840. The van der Waals surface area contributed by atoms with Crippen LogP contribution in [-0.2, 0) is 13.1 Å². The number of imidazole rings is 1. The molecule has 2 heterocycles. The van der Waals surface area contributed by atoms with Crippen LogP contribution in [0, 0.1) is 0 Å². The molecule has 17 heavy (non-hydrogen) atoms. The quantitative estimate of drug-likeness (QED) is 0.901. The smallest absolute Gasteiger partial charge is 0.0951 e. The van der Waals surface area contributed by atoms with Gasteiger partial charge in [0, 0.05) is 30.2 Å². The zero-order valence-electron chi connectivity index (χ0n) is 9.40. The topological polar surface area (TPSA) is 29.9 Å². The highest BCUT2D eigenvalue weighted by Gasteiger charge is 2.24. The molecule has 1 saturated carbocycles. The van der Waals surface area contributed by atoms with Crippen molar-refractivity contribution in [2.75, 3.05) is 0 Å². The maximum atomic E-state index is 5.89. The molecule has 0 radical (unpaired) electrons. The summed E-state index contributed by atoms with van der Waals surface area (Å²) in [5.74, 6) is 0. The second-order valence-corrected chi connectivity index (χ2v) is 6.13. The highest BCUT2D eigenvalue weighted by Crippen LogP contribution is 2.35.